The van der Waals surface area contributed by atoms with Crippen LogP contribution in [0, 0.1) is 0 Å². The van der Waals surface area contributed by atoms with Gasteiger partial charge in [-0.3, -0.25) is 4.79 Å². The summed E-state index contributed by atoms with van der Waals surface area (Å²) in [5.41, 5.74) is 2.55. The molecule has 0 radical (unpaired) electrons. The quantitative estimate of drug-likeness (QED) is 0.759. The van der Waals surface area contributed by atoms with Crippen molar-refractivity contribution < 1.29 is 14.3 Å². The lowest BCUT2D eigenvalue weighted by molar-refractivity contribution is -0.118. The van der Waals surface area contributed by atoms with E-state index in [-0.39, 0.29) is 12.7 Å². The van der Waals surface area contributed by atoms with Crippen LogP contribution in [0.4, 0.5) is 5.69 Å². The van der Waals surface area contributed by atoms with Gasteiger partial charge in [0.15, 0.2) is 17.3 Å². The van der Waals surface area contributed by atoms with Crippen molar-refractivity contribution in [3.8, 4) is 22.9 Å². The summed E-state index contributed by atoms with van der Waals surface area (Å²) in [4.78, 5) is 14.3. The fourth-order valence-electron chi connectivity index (χ4n) is 2.84. The summed E-state index contributed by atoms with van der Waals surface area (Å²) >= 11 is 0. The van der Waals surface area contributed by atoms with Gasteiger partial charge in [-0.25, -0.2) is 5.10 Å². The molecule has 1 aliphatic rings. The number of fused-ring (bicyclic) bond motifs is 1. The Morgan fingerprint density at radius 1 is 1.19 bits per heavy atom. The smallest absolute Gasteiger partial charge is 0.231 e. The van der Waals surface area contributed by atoms with Gasteiger partial charge >= 0.3 is 0 Å². The van der Waals surface area contributed by atoms with Crippen molar-refractivity contribution in [2.24, 2.45) is 0 Å². The summed E-state index contributed by atoms with van der Waals surface area (Å²) in [6.07, 6.45) is 0.401. The van der Waals surface area contributed by atoms with E-state index in [1.54, 1.807) is 4.90 Å². The zero-order valence-corrected chi connectivity index (χ0v) is 14.2. The van der Waals surface area contributed by atoms with E-state index >= 15 is 0 Å². The number of hydrogen-bond donors (Lipinski definition) is 1. The number of benzene rings is 2. The normalized spacial score (nSPS) is 12.2. The predicted octanol–water partition coefficient (Wildman–Crippen LogP) is 2.54. The number of hydrogen-bond acceptors (Lipinski definition) is 6. The molecule has 4 rings (SSSR count). The van der Waals surface area contributed by atoms with Crippen LogP contribution in [0.3, 0.4) is 0 Å². The van der Waals surface area contributed by atoms with E-state index in [2.05, 4.69) is 20.6 Å². The Balaban J connectivity index is 1.65. The Labute approximate surface area is 149 Å². The van der Waals surface area contributed by atoms with E-state index in [4.69, 9.17) is 9.47 Å². The summed E-state index contributed by atoms with van der Waals surface area (Å²) in [6.45, 7) is 2.50. The number of anilines is 1. The van der Waals surface area contributed by atoms with Crippen LogP contribution in [0.2, 0.25) is 0 Å². The molecule has 0 saturated carbocycles. The van der Waals surface area contributed by atoms with E-state index in [0.29, 0.717) is 24.5 Å². The fourth-order valence-corrected chi connectivity index (χ4v) is 2.84. The van der Waals surface area contributed by atoms with Crippen LogP contribution in [0.15, 0.2) is 42.5 Å². The first-order valence-electron chi connectivity index (χ1n) is 8.27. The number of H-pyrrole nitrogens is 1. The Hall–Kier alpha value is -3.42. The number of amides is 1. The third-order valence-electron chi connectivity index (χ3n) is 4.16. The highest BCUT2D eigenvalue weighted by molar-refractivity contribution is 5.93. The third-order valence-corrected chi connectivity index (χ3v) is 4.16. The van der Waals surface area contributed by atoms with Gasteiger partial charge in [-0.15, -0.1) is 5.10 Å². The molecule has 0 saturated heterocycles. The summed E-state index contributed by atoms with van der Waals surface area (Å²) in [6, 6.07) is 13.3. The van der Waals surface area contributed by atoms with Crippen LogP contribution >= 0.6 is 0 Å². The average molecular weight is 351 g/mol. The lowest BCUT2D eigenvalue weighted by Gasteiger charge is -2.23. The Kier molecular flexibility index (Phi) is 4.22. The molecule has 8 heteroatoms. The van der Waals surface area contributed by atoms with Gasteiger partial charge in [0, 0.05) is 17.7 Å². The molecule has 26 heavy (non-hydrogen) atoms. The van der Waals surface area contributed by atoms with Crippen molar-refractivity contribution in [1.29, 1.82) is 0 Å². The fraction of sp³-hybridized carbons (Fsp3) is 0.222. The van der Waals surface area contributed by atoms with Crippen molar-refractivity contribution in [2.45, 2.75) is 19.9 Å². The van der Waals surface area contributed by atoms with Crippen molar-refractivity contribution in [2.75, 3.05) is 11.7 Å². The van der Waals surface area contributed by atoms with Gasteiger partial charge < -0.3 is 14.4 Å². The topological polar surface area (TPSA) is 93.2 Å². The van der Waals surface area contributed by atoms with E-state index in [1.807, 2.05) is 49.4 Å². The van der Waals surface area contributed by atoms with E-state index in [1.165, 1.54) is 0 Å². The summed E-state index contributed by atoms with van der Waals surface area (Å²) in [5.74, 6) is 2.00. The summed E-state index contributed by atoms with van der Waals surface area (Å²) in [7, 11) is 0. The van der Waals surface area contributed by atoms with Crippen LogP contribution in [-0.4, -0.2) is 33.3 Å². The molecule has 3 aromatic rings. The molecule has 1 N–H and O–H groups in total. The first-order valence-corrected chi connectivity index (χ1v) is 8.27. The number of tetrazole rings is 1. The maximum Gasteiger partial charge on any atom is 0.231 e. The zero-order chi connectivity index (χ0) is 17.9. The maximum atomic E-state index is 12.6. The van der Waals surface area contributed by atoms with Crippen LogP contribution in [0.1, 0.15) is 18.9 Å². The SMILES string of the molecule is CCC(=O)N(Cc1ccc2c(c1)OCO2)c1cccc(-c2nnn[nH]2)c1. The minimum atomic E-state index is 0.0236. The van der Waals surface area contributed by atoms with Gasteiger partial charge in [-0.2, -0.15) is 0 Å². The van der Waals surface area contributed by atoms with Crippen molar-refractivity contribution in [3.63, 3.8) is 0 Å². The molecule has 0 atom stereocenters. The number of carbonyl (C=O) groups is 1. The van der Waals surface area contributed by atoms with E-state index in [9.17, 15) is 4.79 Å². The minimum Gasteiger partial charge on any atom is -0.454 e. The second-order valence-electron chi connectivity index (χ2n) is 5.82. The number of nitrogens with one attached hydrogen (secondary N) is 1. The van der Waals surface area contributed by atoms with E-state index in [0.717, 1.165) is 22.6 Å². The van der Waals surface area contributed by atoms with Gasteiger partial charge in [-0.1, -0.05) is 25.1 Å². The molecule has 0 spiro atoms. The molecule has 1 aliphatic heterocycles. The average Bonchev–Trinajstić information content (AvgIpc) is 3.37. The van der Waals surface area contributed by atoms with Crippen LogP contribution in [0.5, 0.6) is 11.5 Å². The molecule has 0 fully saturated rings. The number of ether oxygens (including phenoxy) is 2. The molecule has 1 amide bonds. The van der Waals surface area contributed by atoms with Crippen LogP contribution in [-0.2, 0) is 11.3 Å². The predicted molar refractivity (Wildman–Crippen MR) is 93.7 cm³/mol. The molecule has 1 aromatic heterocycles. The van der Waals surface area contributed by atoms with Crippen molar-refractivity contribution in [1.82, 2.24) is 20.6 Å². The first-order chi connectivity index (χ1) is 12.7. The molecule has 2 heterocycles. The lowest BCUT2D eigenvalue weighted by Crippen LogP contribution is -2.29. The molecule has 2 aromatic carbocycles. The number of aromatic amines is 1. The number of aromatic nitrogens is 4. The number of rotatable bonds is 5. The van der Waals surface area contributed by atoms with Gasteiger partial charge in [0.1, 0.15) is 0 Å². The molecule has 0 bridgehead atoms. The number of nitrogens with zero attached hydrogens (tertiary/aromatic N) is 4. The minimum absolute atomic E-state index is 0.0236. The Morgan fingerprint density at radius 2 is 2.08 bits per heavy atom. The van der Waals surface area contributed by atoms with Gasteiger partial charge in [-0.05, 0) is 40.3 Å². The lowest BCUT2D eigenvalue weighted by atomic mass is 10.1. The molecule has 8 nitrogen and oxygen atoms in total. The van der Waals surface area contributed by atoms with Crippen LogP contribution in [0.25, 0.3) is 11.4 Å². The standard InChI is InChI=1S/C18H17N5O3/c1-2-17(24)23(10-12-6-7-15-16(8-12)26-11-25-15)14-5-3-4-13(9-14)18-19-21-22-20-18/h3-9H,2,10-11H2,1H3,(H,19,20,21,22). The van der Waals surface area contributed by atoms with Gasteiger partial charge in [0.05, 0.1) is 6.54 Å². The monoisotopic (exact) mass is 351 g/mol. The van der Waals surface area contributed by atoms with Gasteiger partial charge in [0.25, 0.3) is 0 Å². The maximum absolute atomic E-state index is 12.6. The Morgan fingerprint density at radius 3 is 2.88 bits per heavy atom. The second-order valence-corrected chi connectivity index (χ2v) is 5.82. The summed E-state index contributed by atoms with van der Waals surface area (Å²) in [5, 5.41) is 13.9. The highest BCUT2D eigenvalue weighted by Gasteiger charge is 2.18. The van der Waals surface area contributed by atoms with Crippen molar-refractivity contribution in [3.05, 3.63) is 48.0 Å². The molecular weight excluding hydrogens is 334 g/mol. The highest BCUT2D eigenvalue weighted by atomic mass is 16.7. The zero-order valence-electron chi connectivity index (χ0n) is 14.2. The largest absolute Gasteiger partial charge is 0.454 e. The Bertz CT molecular complexity index is 926. The highest BCUT2D eigenvalue weighted by Crippen LogP contribution is 2.33. The van der Waals surface area contributed by atoms with E-state index < -0.39 is 0 Å². The second kappa shape index (κ2) is 6.83. The molecule has 132 valence electrons. The van der Waals surface area contributed by atoms with Gasteiger partial charge in [0.2, 0.25) is 12.7 Å². The van der Waals surface area contributed by atoms with Crippen LogP contribution < -0.4 is 14.4 Å². The number of carbonyl (C=O) groups excluding carboxylic acids is 1. The first kappa shape index (κ1) is 16.1. The van der Waals surface area contributed by atoms with Crippen molar-refractivity contribution >= 4 is 11.6 Å². The molecule has 0 unspecified atom stereocenters. The third kappa shape index (κ3) is 3.08. The molecular formula is C18H17N5O3. The molecule has 0 aliphatic carbocycles. The summed E-state index contributed by atoms with van der Waals surface area (Å²) < 4.78 is 10.8.